The zero-order chi connectivity index (χ0) is 9.10. The van der Waals surface area contributed by atoms with E-state index < -0.39 is 0 Å². The summed E-state index contributed by atoms with van der Waals surface area (Å²) in [4.78, 5) is 11.3. The van der Waals surface area contributed by atoms with E-state index in [9.17, 15) is 4.79 Å². The van der Waals surface area contributed by atoms with Crippen LogP contribution in [0.3, 0.4) is 0 Å². The molecule has 13 heavy (non-hydrogen) atoms. The largest absolute Gasteiger partial charge is 0.459 e. The fourth-order valence-electron chi connectivity index (χ4n) is 0.863. The minimum Gasteiger partial charge on any atom is -0.459 e. The lowest BCUT2D eigenvalue weighted by Gasteiger charge is -1.95. The average Bonchev–Trinajstić information content (AvgIpc) is 2.74. The fourth-order valence-corrected chi connectivity index (χ4v) is 0.863. The molecular weight excluding hydrogens is 172 g/mol. The molecule has 5 heteroatoms. The Labute approximate surface area is 73.3 Å². The maximum absolute atomic E-state index is 11.3. The SMILES string of the molecule is O=C(Nc1ccon1)c1ccco1. The van der Waals surface area contributed by atoms with E-state index in [0.717, 1.165) is 0 Å². The molecule has 0 unspecified atom stereocenters. The minimum atomic E-state index is -0.348. The Morgan fingerprint density at radius 1 is 1.38 bits per heavy atom. The molecule has 0 atom stereocenters. The van der Waals surface area contributed by atoms with Gasteiger partial charge in [-0.05, 0) is 12.1 Å². The number of rotatable bonds is 2. The Balaban J connectivity index is 2.08. The summed E-state index contributed by atoms with van der Waals surface area (Å²) in [7, 11) is 0. The molecule has 0 aliphatic heterocycles. The first-order valence-electron chi connectivity index (χ1n) is 3.61. The molecule has 1 N–H and O–H groups in total. The molecule has 0 aliphatic rings. The third-order valence-electron chi connectivity index (χ3n) is 1.42. The molecule has 0 fully saturated rings. The van der Waals surface area contributed by atoms with Crippen LogP contribution >= 0.6 is 0 Å². The molecule has 0 radical (unpaired) electrons. The summed E-state index contributed by atoms with van der Waals surface area (Å²) >= 11 is 0. The van der Waals surface area contributed by atoms with Gasteiger partial charge in [0.1, 0.15) is 6.26 Å². The van der Waals surface area contributed by atoms with Gasteiger partial charge in [0, 0.05) is 6.07 Å². The van der Waals surface area contributed by atoms with Gasteiger partial charge in [0.25, 0.3) is 5.91 Å². The maximum Gasteiger partial charge on any atom is 0.292 e. The van der Waals surface area contributed by atoms with Gasteiger partial charge in [-0.3, -0.25) is 4.79 Å². The second-order valence-electron chi connectivity index (χ2n) is 2.32. The minimum absolute atomic E-state index is 0.239. The van der Waals surface area contributed by atoms with Gasteiger partial charge in [-0.15, -0.1) is 0 Å². The summed E-state index contributed by atoms with van der Waals surface area (Å²) in [6.45, 7) is 0. The lowest BCUT2D eigenvalue weighted by Crippen LogP contribution is -2.10. The van der Waals surface area contributed by atoms with Crippen LogP contribution in [0, 0.1) is 0 Å². The van der Waals surface area contributed by atoms with Crippen LogP contribution in [0.4, 0.5) is 5.82 Å². The Bertz CT molecular complexity index is 377. The van der Waals surface area contributed by atoms with Crippen molar-refractivity contribution in [1.82, 2.24) is 5.16 Å². The van der Waals surface area contributed by atoms with Crippen molar-refractivity contribution in [3.8, 4) is 0 Å². The average molecular weight is 178 g/mol. The van der Waals surface area contributed by atoms with E-state index in [1.165, 1.54) is 12.5 Å². The molecule has 0 aromatic carbocycles. The van der Waals surface area contributed by atoms with Crippen molar-refractivity contribution in [2.45, 2.75) is 0 Å². The molecule has 2 heterocycles. The molecule has 0 saturated carbocycles. The molecule has 2 aromatic heterocycles. The van der Waals surface area contributed by atoms with Gasteiger partial charge in [-0.1, -0.05) is 5.16 Å². The van der Waals surface area contributed by atoms with Crippen molar-refractivity contribution in [3.63, 3.8) is 0 Å². The van der Waals surface area contributed by atoms with Crippen molar-refractivity contribution in [2.75, 3.05) is 5.32 Å². The van der Waals surface area contributed by atoms with Gasteiger partial charge >= 0.3 is 0 Å². The van der Waals surface area contributed by atoms with Gasteiger partial charge in [0.2, 0.25) is 0 Å². The maximum atomic E-state index is 11.3. The number of hydrogen-bond acceptors (Lipinski definition) is 4. The van der Waals surface area contributed by atoms with Crippen molar-refractivity contribution in [2.24, 2.45) is 0 Å². The predicted octanol–water partition coefficient (Wildman–Crippen LogP) is 1.52. The zero-order valence-electron chi connectivity index (χ0n) is 6.56. The highest BCUT2D eigenvalue weighted by atomic mass is 16.5. The van der Waals surface area contributed by atoms with Crippen molar-refractivity contribution in [3.05, 3.63) is 36.5 Å². The number of carbonyl (C=O) groups excluding carboxylic acids is 1. The quantitative estimate of drug-likeness (QED) is 0.756. The predicted molar refractivity (Wildman–Crippen MR) is 43.2 cm³/mol. The summed E-state index contributed by atoms with van der Waals surface area (Å²) in [5, 5.41) is 6.00. The molecule has 2 rings (SSSR count). The normalized spacial score (nSPS) is 9.85. The van der Waals surface area contributed by atoms with E-state index in [1.54, 1.807) is 18.2 Å². The van der Waals surface area contributed by atoms with Crippen LogP contribution in [0.15, 0.2) is 39.7 Å². The Morgan fingerprint density at radius 3 is 2.92 bits per heavy atom. The third kappa shape index (κ3) is 1.58. The number of amides is 1. The van der Waals surface area contributed by atoms with Gasteiger partial charge in [-0.25, -0.2) is 0 Å². The van der Waals surface area contributed by atoms with Gasteiger partial charge in [-0.2, -0.15) is 0 Å². The summed E-state index contributed by atoms with van der Waals surface area (Å²) in [5.41, 5.74) is 0. The fraction of sp³-hybridized carbons (Fsp3) is 0. The topological polar surface area (TPSA) is 68.3 Å². The lowest BCUT2D eigenvalue weighted by atomic mass is 10.4. The van der Waals surface area contributed by atoms with E-state index in [-0.39, 0.29) is 11.7 Å². The zero-order valence-corrected chi connectivity index (χ0v) is 6.56. The van der Waals surface area contributed by atoms with Crippen LogP contribution in [0.25, 0.3) is 0 Å². The molecule has 66 valence electrons. The smallest absolute Gasteiger partial charge is 0.292 e. The van der Waals surface area contributed by atoms with Crippen LogP contribution in [-0.2, 0) is 0 Å². The standard InChI is InChI=1S/C8H6N2O3/c11-8(6-2-1-4-12-6)9-7-3-5-13-10-7/h1-5H,(H,9,10,11). The van der Waals surface area contributed by atoms with Gasteiger partial charge in [0.05, 0.1) is 6.26 Å². The van der Waals surface area contributed by atoms with Crippen molar-refractivity contribution in [1.29, 1.82) is 0 Å². The van der Waals surface area contributed by atoms with E-state index in [2.05, 4.69) is 15.0 Å². The van der Waals surface area contributed by atoms with E-state index in [0.29, 0.717) is 5.82 Å². The van der Waals surface area contributed by atoms with Crippen LogP contribution < -0.4 is 5.32 Å². The first kappa shape index (κ1) is 7.60. The third-order valence-corrected chi connectivity index (χ3v) is 1.42. The molecule has 0 aliphatic carbocycles. The molecule has 0 spiro atoms. The number of hydrogen-bond donors (Lipinski definition) is 1. The highest BCUT2D eigenvalue weighted by Crippen LogP contribution is 2.06. The number of furan rings is 1. The highest BCUT2D eigenvalue weighted by Gasteiger charge is 2.09. The van der Waals surface area contributed by atoms with Crippen LogP contribution in [0.2, 0.25) is 0 Å². The lowest BCUT2D eigenvalue weighted by molar-refractivity contribution is 0.0996. The van der Waals surface area contributed by atoms with Crippen molar-refractivity contribution >= 4 is 11.7 Å². The first-order valence-corrected chi connectivity index (χ1v) is 3.61. The van der Waals surface area contributed by atoms with Crippen LogP contribution in [0.1, 0.15) is 10.6 Å². The number of nitrogens with zero attached hydrogens (tertiary/aromatic N) is 1. The van der Waals surface area contributed by atoms with E-state index >= 15 is 0 Å². The second-order valence-corrected chi connectivity index (χ2v) is 2.32. The summed E-state index contributed by atoms with van der Waals surface area (Å²) in [5.74, 6) is 0.253. The van der Waals surface area contributed by atoms with Gasteiger partial charge < -0.3 is 14.3 Å². The molecular formula is C8H6N2O3. The van der Waals surface area contributed by atoms with E-state index in [4.69, 9.17) is 4.42 Å². The molecule has 1 amide bonds. The number of anilines is 1. The Kier molecular flexibility index (Phi) is 1.84. The first-order chi connectivity index (χ1) is 6.36. The summed E-state index contributed by atoms with van der Waals surface area (Å²) in [6.07, 6.45) is 2.80. The molecule has 0 bridgehead atoms. The van der Waals surface area contributed by atoms with Crippen LogP contribution in [0.5, 0.6) is 0 Å². The Hall–Kier alpha value is -2.04. The molecule has 2 aromatic rings. The highest BCUT2D eigenvalue weighted by molar-refractivity contribution is 6.01. The second kappa shape index (κ2) is 3.14. The monoisotopic (exact) mass is 178 g/mol. The van der Waals surface area contributed by atoms with Crippen molar-refractivity contribution < 1.29 is 13.7 Å². The molecule has 0 saturated heterocycles. The Morgan fingerprint density at radius 2 is 2.31 bits per heavy atom. The van der Waals surface area contributed by atoms with Crippen LogP contribution in [-0.4, -0.2) is 11.1 Å². The van der Waals surface area contributed by atoms with Gasteiger partial charge in [0.15, 0.2) is 11.6 Å². The number of nitrogens with one attached hydrogen (secondary N) is 1. The molecule has 5 nitrogen and oxygen atoms in total. The number of aromatic nitrogens is 1. The summed E-state index contributed by atoms with van der Waals surface area (Å²) < 4.78 is 9.41. The van der Waals surface area contributed by atoms with E-state index in [1.807, 2.05) is 0 Å². The number of carbonyl (C=O) groups is 1. The summed E-state index contributed by atoms with van der Waals surface area (Å²) in [6, 6.07) is 4.74.